The molecule has 25 heavy (non-hydrogen) atoms. The lowest BCUT2D eigenvalue weighted by molar-refractivity contribution is -0.134. The molecule has 0 N–H and O–H groups in total. The van der Waals surface area contributed by atoms with Crippen LogP contribution in [0.25, 0.3) is 0 Å². The van der Waals surface area contributed by atoms with Gasteiger partial charge in [0.15, 0.2) is 0 Å². The van der Waals surface area contributed by atoms with Crippen LogP contribution >= 0.6 is 11.6 Å². The van der Waals surface area contributed by atoms with Crippen LogP contribution < -0.4 is 4.74 Å². The van der Waals surface area contributed by atoms with E-state index in [1.54, 1.807) is 18.5 Å². The van der Waals surface area contributed by atoms with Gasteiger partial charge in [-0.25, -0.2) is 0 Å². The maximum Gasteiger partial charge on any atom is 0.230 e. The number of pyridine rings is 1. The maximum atomic E-state index is 12.9. The first-order valence-corrected chi connectivity index (χ1v) is 9.16. The third-order valence-corrected chi connectivity index (χ3v) is 4.97. The minimum Gasteiger partial charge on any atom is -0.489 e. The molecule has 1 aromatic carbocycles. The van der Waals surface area contributed by atoms with Crippen molar-refractivity contribution in [2.24, 2.45) is 0 Å². The largest absolute Gasteiger partial charge is 0.489 e. The van der Waals surface area contributed by atoms with E-state index in [0.29, 0.717) is 10.8 Å². The second kappa shape index (κ2) is 8.34. The molecule has 1 fully saturated rings. The van der Waals surface area contributed by atoms with E-state index in [1.807, 2.05) is 35.2 Å². The Morgan fingerprint density at radius 1 is 1.28 bits per heavy atom. The predicted molar refractivity (Wildman–Crippen MR) is 99.0 cm³/mol. The minimum atomic E-state index is -0.0617. The van der Waals surface area contributed by atoms with Crippen molar-refractivity contribution in [1.29, 1.82) is 0 Å². The van der Waals surface area contributed by atoms with Crippen molar-refractivity contribution in [1.82, 2.24) is 9.88 Å². The molecule has 1 aromatic heterocycles. The monoisotopic (exact) mass is 358 g/mol. The van der Waals surface area contributed by atoms with Crippen molar-refractivity contribution in [3.63, 3.8) is 0 Å². The number of benzene rings is 1. The number of piperidine rings is 1. The Hall–Kier alpha value is -2.07. The predicted octanol–water partition coefficient (Wildman–Crippen LogP) is 4.30. The van der Waals surface area contributed by atoms with Gasteiger partial charge in [-0.15, -0.1) is 0 Å². The summed E-state index contributed by atoms with van der Waals surface area (Å²) in [6, 6.07) is 11.8. The van der Waals surface area contributed by atoms with E-state index < -0.39 is 0 Å². The standard InChI is InChI=1S/C20H23ClN2O2/c1-2-17(15-6-4-3-5-7-15)20(24)23-12-9-16(10-13-23)25-19-8-11-22-14-18(19)21/h3-8,11,14,16-17H,2,9-10,12-13H2,1H3/t17-/m0/s1. The van der Waals surface area contributed by atoms with Crippen LogP contribution in [0.2, 0.25) is 5.02 Å². The molecule has 1 aliphatic rings. The SMILES string of the molecule is CC[C@H](C(=O)N1CCC(Oc2ccncc2Cl)CC1)c1ccccc1. The van der Waals surface area contributed by atoms with Gasteiger partial charge in [-0.05, 0) is 12.0 Å². The highest BCUT2D eigenvalue weighted by atomic mass is 35.5. The summed E-state index contributed by atoms with van der Waals surface area (Å²) in [7, 11) is 0. The highest BCUT2D eigenvalue weighted by Gasteiger charge is 2.29. The smallest absolute Gasteiger partial charge is 0.230 e. The average molecular weight is 359 g/mol. The number of nitrogens with zero attached hydrogens (tertiary/aromatic N) is 2. The van der Waals surface area contributed by atoms with Crippen molar-refractivity contribution in [2.45, 2.75) is 38.2 Å². The van der Waals surface area contributed by atoms with E-state index in [0.717, 1.165) is 37.9 Å². The molecule has 0 saturated carbocycles. The Morgan fingerprint density at radius 2 is 2.00 bits per heavy atom. The summed E-state index contributed by atoms with van der Waals surface area (Å²) in [5.41, 5.74) is 1.09. The molecule has 1 atom stereocenters. The fourth-order valence-corrected chi connectivity index (χ4v) is 3.45. The number of aromatic nitrogens is 1. The van der Waals surface area contributed by atoms with Gasteiger partial charge in [-0.2, -0.15) is 0 Å². The van der Waals surface area contributed by atoms with E-state index in [2.05, 4.69) is 11.9 Å². The minimum absolute atomic E-state index is 0.0617. The van der Waals surface area contributed by atoms with Gasteiger partial charge in [-0.3, -0.25) is 9.78 Å². The van der Waals surface area contributed by atoms with E-state index >= 15 is 0 Å². The Labute approximate surface area is 153 Å². The lowest BCUT2D eigenvalue weighted by atomic mass is 9.94. The number of ether oxygens (including phenoxy) is 1. The summed E-state index contributed by atoms with van der Waals surface area (Å²) in [6.07, 6.45) is 5.78. The van der Waals surface area contributed by atoms with E-state index in [9.17, 15) is 4.79 Å². The molecule has 132 valence electrons. The van der Waals surface area contributed by atoms with Crippen LogP contribution in [0.5, 0.6) is 5.75 Å². The molecule has 1 saturated heterocycles. The summed E-state index contributed by atoms with van der Waals surface area (Å²) in [6.45, 7) is 3.50. The van der Waals surface area contributed by atoms with Gasteiger partial charge < -0.3 is 9.64 Å². The number of hydrogen-bond donors (Lipinski definition) is 0. The molecule has 0 radical (unpaired) electrons. The number of halogens is 1. The summed E-state index contributed by atoms with van der Waals surface area (Å²) in [4.78, 5) is 18.8. The first-order valence-electron chi connectivity index (χ1n) is 8.79. The number of carbonyl (C=O) groups is 1. The first kappa shape index (κ1) is 17.7. The summed E-state index contributed by atoms with van der Waals surface area (Å²) < 4.78 is 5.98. The van der Waals surface area contributed by atoms with Gasteiger partial charge in [-0.1, -0.05) is 48.9 Å². The molecule has 0 spiro atoms. The van der Waals surface area contributed by atoms with Crippen LogP contribution in [-0.2, 0) is 4.79 Å². The topological polar surface area (TPSA) is 42.4 Å². The van der Waals surface area contributed by atoms with Gasteiger partial charge >= 0.3 is 0 Å². The van der Waals surface area contributed by atoms with Crippen molar-refractivity contribution >= 4 is 17.5 Å². The summed E-state index contributed by atoms with van der Waals surface area (Å²) in [5.74, 6) is 0.819. The molecule has 0 aliphatic carbocycles. The Kier molecular flexibility index (Phi) is 5.92. The van der Waals surface area contributed by atoms with Crippen LogP contribution in [0.4, 0.5) is 0 Å². The van der Waals surface area contributed by atoms with Crippen LogP contribution in [0.3, 0.4) is 0 Å². The number of hydrogen-bond acceptors (Lipinski definition) is 3. The van der Waals surface area contributed by atoms with Crippen LogP contribution in [-0.4, -0.2) is 35.0 Å². The fourth-order valence-electron chi connectivity index (χ4n) is 3.29. The number of likely N-dealkylation sites (tertiary alicyclic amines) is 1. The fraction of sp³-hybridized carbons (Fsp3) is 0.400. The molecule has 3 rings (SSSR count). The molecule has 0 unspecified atom stereocenters. The second-order valence-corrected chi connectivity index (χ2v) is 6.73. The number of carbonyl (C=O) groups excluding carboxylic acids is 1. The normalized spacial score (nSPS) is 16.5. The second-order valence-electron chi connectivity index (χ2n) is 6.32. The van der Waals surface area contributed by atoms with Crippen LogP contribution in [0.1, 0.15) is 37.7 Å². The maximum absolute atomic E-state index is 12.9. The highest BCUT2D eigenvalue weighted by molar-refractivity contribution is 6.31. The van der Waals surface area contributed by atoms with Crippen molar-refractivity contribution in [3.05, 3.63) is 59.4 Å². The van der Waals surface area contributed by atoms with Crippen molar-refractivity contribution < 1.29 is 9.53 Å². The average Bonchev–Trinajstić information content (AvgIpc) is 2.66. The Morgan fingerprint density at radius 3 is 2.64 bits per heavy atom. The van der Waals surface area contributed by atoms with Crippen molar-refractivity contribution in [3.8, 4) is 5.75 Å². The van der Waals surface area contributed by atoms with E-state index in [4.69, 9.17) is 16.3 Å². The van der Waals surface area contributed by atoms with Gasteiger partial charge in [0.05, 0.1) is 5.92 Å². The Balaban J connectivity index is 1.58. The zero-order valence-corrected chi connectivity index (χ0v) is 15.2. The number of rotatable bonds is 5. The van der Waals surface area contributed by atoms with Gasteiger partial charge in [0, 0.05) is 44.4 Å². The third-order valence-electron chi connectivity index (χ3n) is 4.69. The van der Waals surface area contributed by atoms with Gasteiger partial charge in [0.2, 0.25) is 5.91 Å². The quantitative estimate of drug-likeness (QED) is 0.800. The molecule has 5 heteroatoms. The van der Waals surface area contributed by atoms with Crippen LogP contribution in [0, 0.1) is 0 Å². The molecule has 4 nitrogen and oxygen atoms in total. The molecular weight excluding hydrogens is 336 g/mol. The van der Waals surface area contributed by atoms with E-state index in [1.165, 1.54) is 0 Å². The molecule has 2 heterocycles. The van der Waals surface area contributed by atoms with Crippen molar-refractivity contribution in [2.75, 3.05) is 13.1 Å². The molecule has 1 amide bonds. The molecule has 2 aromatic rings. The highest BCUT2D eigenvalue weighted by Crippen LogP contribution is 2.28. The molecule has 0 bridgehead atoms. The zero-order chi connectivity index (χ0) is 17.6. The summed E-state index contributed by atoms with van der Waals surface area (Å²) >= 11 is 6.10. The Bertz CT molecular complexity index is 700. The lowest BCUT2D eigenvalue weighted by Crippen LogP contribution is -2.43. The molecule has 1 aliphatic heterocycles. The first-order chi connectivity index (χ1) is 12.2. The van der Waals surface area contributed by atoms with Gasteiger partial charge in [0.1, 0.15) is 16.9 Å². The summed E-state index contributed by atoms with van der Waals surface area (Å²) in [5, 5.41) is 0.524. The number of amides is 1. The third kappa shape index (κ3) is 4.31. The van der Waals surface area contributed by atoms with E-state index in [-0.39, 0.29) is 17.9 Å². The lowest BCUT2D eigenvalue weighted by Gasteiger charge is -2.34. The van der Waals surface area contributed by atoms with Gasteiger partial charge in [0.25, 0.3) is 0 Å². The molecular formula is C20H23ClN2O2. The zero-order valence-electron chi connectivity index (χ0n) is 14.4. The van der Waals surface area contributed by atoms with Crippen LogP contribution in [0.15, 0.2) is 48.8 Å².